The van der Waals surface area contributed by atoms with Gasteiger partial charge in [-0.2, -0.15) is 0 Å². The molecule has 2 aromatic carbocycles. The van der Waals surface area contributed by atoms with Crippen molar-refractivity contribution in [1.29, 1.82) is 0 Å². The summed E-state index contributed by atoms with van der Waals surface area (Å²) in [6, 6.07) is 15.2. The van der Waals surface area contributed by atoms with E-state index in [0.29, 0.717) is 12.5 Å². The van der Waals surface area contributed by atoms with Crippen molar-refractivity contribution in [2.45, 2.75) is 39.2 Å². The first-order valence-electron chi connectivity index (χ1n) is 10.9. The third kappa shape index (κ3) is 5.25. The largest absolute Gasteiger partial charge is 0.480 e. The van der Waals surface area contributed by atoms with Gasteiger partial charge in [-0.3, -0.25) is 4.90 Å². The van der Waals surface area contributed by atoms with Gasteiger partial charge in [0.25, 0.3) is 0 Å². The Morgan fingerprint density at radius 2 is 1.61 bits per heavy atom. The predicted molar refractivity (Wildman–Crippen MR) is 119 cm³/mol. The summed E-state index contributed by atoms with van der Waals surface area (Å²) < 4.78 is 11.2. The zero-order valence-corrected chi connectivity index (χ0v) is 18.4. The van der Waals surface area contributed by atoms with E-state index in [4.69, 9.17) is 9.47 Å². The third-order valence-electron chi connectivity index (χ3n) is 5.56. The minimum atomic E-state index is -1.05. The molecule has 1 amide bonds. The highest BCUT2D eigenvalue weighted by atomic mass is 16.6. The fraction of sp³-hybridized carbons (Fsp3) is 0.440. The molecule has 6 nitrogen and oxygen atoms in total. The minimum absolute atomic E-state index is 0.0623. The molecule has 0 bridgehead atoms. The van der Waals surface area contributed by atoms with Gasteiger partial charge < -0.3 is 14.6 Å². The van der Waals surface area contributed by atoms with Crippen LogP contribution >= 0.6 is 0 Å². The van der Waals surface area contributed by atoms with E-state index < -0.39 is 18.1 Å². The molecule has 2 aromatic rings. The molecule has 0 aliphatic heterocycles. The SMILES string of the molecule is CCN(C(=O)OCC1c2ccccc2-c2ccccc21)[C@@H](CCOCC(C)C)C(=O)O. The summed E-state index contributed by atoms with van der Waals surface area (Å²) in [5, 5.41) is 9.67. The Morgan fingerprint density at radius 1 is 1.03 bits per heavy atom. The van der Waals surface area contributed by atoms with Crippen LogP contribution in [0.25, 0.3) is 11.1 Å². The van der Waals surface area contributed by atoms with Crippen LogP contribution in [-0.2, 0) is 14.3 Å². The van der Waals surface area contributed by atoms with Crippen molar-refractivity contribution in [2.75, 3.05) is 26.4 Å². The summed E-state index contributed by atoms with van der Waals surface area (Å²) in [4.78, 5) is 25.9. The van der Waals surface area contributed by atoms with Crippen LogP contribution in [0.3, 0.4) is 0 Å². The molecule has 166 valence electrons. The quantitative estimate of drug-likeness (QED) is 0.555. The van der Waals surface area contributed by atoms with Crippen LogP contribution in [0.1, 0.15) is 44.2 Å². The van der Waals surface area contributed by atoms with E-state index in [1.165, 1.54) is 4.90 Å². The van der Waals surface area contributed by atoms with Crippen LogP contribution in [0.15, 0.2) is 48.5 Å². The van der Waals surface area contributed by atoms with Crippen molar-refractivity contribution in [1.82, 2.24) is 4.90 Å². The number of carboxylic acids is 1. The van der Waals surface area contributed by atoms with Gasteiger partial charge in [0.1, 0.15) is 12.6 Å². The van der Waals surface area contributed by atoms with Gasteiger partial charge >= 0.3 is 12.1 Å². The number of aliphatic carboxylic acids is 1. The number of fused-ring (bicyclic) bond motifs is 3. The molecule has 1 N–H and O–H groups in total. The Kier molecular flexibility index (Phi) is 7.69. The zero-order valence-electron chi connectivity index (χ0n) is 18.4. The summed E-state index contributed by atoms with van der Waals surface area (Å²) in [5.74, 6) is -0.746. The second kappa shape index (κ2) is 10.4. The first kappa shape index (κ1) is 22.8. The summed E-state index contributed by atoms with van der Waals surface area (Å²) in [6.45, 7) is 7.07. The number of rotatable bonds is 10. The molecule has 0 saturated heterocycles. The number of likely N-dealkylation sites (N-methyl/N-ethyl adjacent to an activating group) is 1. The molecule has 1 aliphatic rings. The van der Waals surface area contributed by atoms with Gasteiger partial charge in [0.2, 0.25) is 0 Å². The first-order valence-corrected chi connectivity index (χ1v) is 10.9. The van der Waals surface area contributed by atoms with Crippen molar-refractivity contribution >= 4 is 12.1 Å². The number of carbonyl (C=O) groups is 2. The van der Waals surface area contributed by atoms with E-state index >= 15 is 0 Å². The Bertz CT molecular complexity index is 865. The molecular formula is C25H31NO5. The van der Waals surface area contributed by atoms with Gasteiger partial charge in [-0.25, -0.2) is 9.59 Å². The molecule has 0 radical (unpaired) electrons. The van der Waals surface area contributed by atoms with Gasteiger partial charge in [-0.1, -0.05) is 62.4 Å². The summed E-state index contributed by atoms with van der Waals surface area (Å²) in [7, 11) is 0. The lowest BCUT2D eigenvalue weighted by Crippen LogP contribution is -2.46. The zero-order chi connectivity index (χ0) is 22.4. The fourth-order valence-electron chi connectivity index (χ4n) is 4.08. The topological polar surface area (TPSA) is 76.1 Å². The Balaban J connectivity index is 1.67. The lowest BCUT2D eigenvalue weighted by molar-refractivity contribution is -0.143. The predicted octanol–water partition coefficient (Wildman–Crippen LogP) is 4.77. The van der Waals surface area contributed by atoms with Gasteiger partial charge in [-0.15, -0.1) is 0 Å². The standard InChI is InChI=1S/C25H31NO5/c1-4-26(23(24(27)28)13-14-30-15-17(2)3)25(29)31-16-22-20-11-7-5-9-18(20)19-10-6-8-12-21(19)22/h5-12,17,22-23H,4,13-16H2,1-3H3,(H,27,28)/t23-/m0/s1. The molecule has 0 saturated carbocycles. The fourth-order valence-corrected chi connectivity index (χ4v) is 4.08. The van der Waals surface area contributed by atoms with Crippen molar-refractivity contribution < 1.29 is 24.2 Å². The molecule has 0 spiro atoms. The van der Waals surface area contributed by atoms with E-state index in [1.807, 2.05) is 38.1 Å². The number of benzene rings is 2. The summed E-state index contributed by atoms with van der Waals surface area (Å²) in [5.41, 5.74) is 4.54. The monoisotopic (exact) mass is 425 g/mol. The number of ether oxygens (including phenoxy) is 2. The van der Waals surface area contributed by atoms with Crippen LogP contribution in [0.5, 0.6) is 0 Å². The van der Waals surface area contributed by atoms with Crippen LogP contribution in [-0.4, -0.2) is 54.5 Å². The molecule has 31 heavy (non-hydrogen) atoms. The van der Waals surface area contributed by atoms with Crippen molar-refractivity contribution in [3.8, 4) is 11.1 Å². The average Bonchev–Trinajstić information content (AvgIpc) is 3.07. The van der Waals surface area contributed by atoms with Crippen molar-refractivity contribution in [3.05, 3.63) is 59.7 Å². The van der Waals surface area contributed by atoms with E-state index in [9.17, 15) is 14.7 Å². The molecule has 1 atom stereocenters. The number of hydrogen-bond acceptors (Lipinski definition) is 4. The Morgan fingerprint density at radius 3 is 2.13 bits per heavy atom. The van der Waals surface area contributed by atoms with Crippen LogP contribution in [0, 0.1) is 5.92 Å². The number of nitrogens with zero attached hydrogens (tertiary/aromatic N) is 1. The summed E-state index contributed by atoms with van der Waals surface area (Å²) >= 11 is 0. The minimum Gasteiger partial charge on any atom is -0.480 e. The number of amides is 1. The molecule has 0 fully saturated rings. The van der Waals surface area contributed by atoms with E-state index in [-0.39, 0.29) is 32.1 Å². The van der Waals surface area contributed by atoms with Gasteiger partial charge in [0.15, 0.2) is 0 Å². The van der Waals surface area contributed by atoms with E-state index in [1.54, 1.807) is 6.92 Å². The highest BCUT2D eigenvalue weighted by Crippen LogP contribution is 2.44. The second-order valence-corrected chi connectivity index (χ2v) is 8.20. The highest BCUT2D eigenvalue weighted by molar-refractivity contribution is 5.81. The molecule has 0 unspecified atom stereocenters. The Labute approximate surface area is 183 Å². The highest BCUT2D eigenvalue weighted by Gasteiger charge is 2.32. The number of carbonyl (C=O) groups excluding carboxylic acids is 1. The van der Waals surface area contributed by atoms with Gasteiger partial charge in [0.05, 0.1) is 0 Å². The van der Waals surface area contributed by atoms with E-state index in [2.05, 4.69) is 24.3 Å². The summed E-state index contributed by atoms with van der Waals surface area (Å²) in [6.07, 6.45) is -0.388. The van der Waals surface area contributed by atoms with Gasteiger partial charge in [0, 0.05) is 32.1 Å². The Hall–Kier alpha value is -2.86. The molecule has 6 heteroatoms. The van der Waals surface area contributed by atoms with Crippen molar-refractivity contribution in [2.24, 2.45) is 5.92 Å². The number of hydrogen-bond donors (Lipinski definition) is 1. The molecule has 0 aromatic heterocycles. The lowest BCUT2D eigenvalue weighted by atomic mass is 9.98. The smallest absolute Gasteiger partial charge is 0.410 e. The second-order valence-electron chi connectivity index (χ2n) is 8.20. The molecular weight excluding hydrogens is 394 g/mol. The van der Waals surface area contributed by atoms with Gasteiger partial charge in [-0.05, 0) is 35.1 Å². The third-order valence-corrected chi connectivity index (χ3v) is 5.56. The maximum absolute atomic E-state index is 12.8. The maximum atomic E-state index is 12.8. The molecule has 1 aliphatic carbocycles. The van der Waals surface area contributed by atoms with E-state index in [0.717, 1.165) is 22.3 Å². The molecule has 0 heterocycles. The van der Waals surface area contributed by atoms with Crippen LogP contribution in [0.4, 0.5) is 4.79 Å². The molecule has 3 rings (SSSR count). The van der Waals surface area contributed by atoms with Crippen molar-refractivity contribution in [3.63, 3.8) is 0 Å². The maximum Gasteiger partial charge on any atom is 0.410 e. The average molecular weight is 426 g/mol. The van der Waals surface area contributed by atoms with Crippen LogP contribution in [0.2, 0.25) is 0 Å². The van der Waals surface area contributed by atoms with Crippen LogP contribution < -0.4 is 0 Å². The normalized spacial score (nSPS) is 13.5. The number of carboxylic acid groups (broad SMARTS) is 1. The lowest BCUT2D eigenvalue weighted by Gasteiger charge is -2.28. The first-order chi connectivity index (χ1) is 14.9.